The average molecular weight is 247 g/mol. The fraction of sp³-hybridized carbons (Fsp3) is 0.533. The Kier molecular flexibility index (Phi) is 4.24. The maximum atomic E-state index is 12.1. The van der Waals surface area contributed by atoms with E-state index in [1.54, 1.807) is 7.11 Å². The van der Waals surface area contributed by atoms with Crippen LogP contribution in [0.1, 0.15) is 30.9 Å². The number of methoxy groups -OCH3 is 1. The van der Waals surface area contributed by atoms with Crippen LogP contribution in [0.5, 0.6) is 5.75 Å². The number of likely N-dealkylation sites (tertiary alicyclic amines) is 1. The van der Waals surface area contributed by atoms with E-state index in [9.17, 15) is 4.79 Å². The molecule has 0 atom stereocenters. The van der Waals surface area contributed by atoms with Gasteiger partial charge in [-0.05, 0) is 36.5 Å². The topological polar surface area (TPSA) is 29.5 Å². The Morgan fingerprint density at radius 2 is 2.06 bits per heavy atom. The quantitative estimate of drug-likeness (QED) is 0.817. The van der Waals surface area contributed by atoms with Gasteiger partial charge >= 0.3 is 0 Å². The highest BCUT2D eigenvalue weighted by atomic mass is 16.5. The number of rotatable bonds is 4. The van der Waals surface area contributed by atoms with Gasteiger partial charge in [-0.3, -0.25) is 4.79 Å². The maximum absolute atomic E-state index is 12.1. The van der Waals surface area contributed by atoms with Crippen molar-refractivity contribution in [2.75, 3.05) is 20.2 Å². The average Bonchev–Trinajstić information content (AvgIpc) is 2.92. The molecule has 3 heteroatoms. The highest BCUT2D eigenvalue weighted by molar-refractivity contribution is 5.79. The number of aryl methyl sites for hydroxylation is 1. The smallest absolute Gasteiger partial charge is 0.226 e. The SMILES string of the molecule is CCc1ccc(CC(=O)N2CCCC2)cc1OC. The molecule has 1 aliphatic heterocycles. The van der Waals surface area contributed by atoms with Crippen LogP contribution in [-0.4, -0.2) is 31.0 Å². The molecule has 18 heavy (non-hydrogen) atoms. The first-order valence-corrected chi connectivity index (χ1v) is 6.68. The first-order valence-electron chi connectivity index (χ1n) is 6.68. The summed E-state index contributed by atoms with van der Waals surface area (Å²) in [4.78, 5) is 14.0. The van der Waals surface area contributed by atoms with E-state index in [0.29, 0.717) is 6.42 Å². The van der Waals surface area contributed by atoms with Gasteiger partial charge in [0.1, 0.15) is 5.75 Å². The summed E-state index contributed by atoms with van der Waals surface area (Å²) in [5.41, 5.74) is 2.23. The molecule has 1 fully saturated rings. The lowest BCUT2D eigenvalue weighted by Gasteiger charge is -2.16. The van der Waals surface area contributed by atoms with Crippen molar-refractivity contribution < 1.29 is 9.53 Å². The zero-order chi connectivity index (χ0) is 13.0. The Morgan fingerprint density at radius 3 is 2.67 bits per heavy atom. The van der Waals surface area contributed by atoms with Crippen LogP contribution in [0.4, 0.5) is 0 Å². The number of nitrogens with zero attached hydrogens (tertiary/aromatic N) is 1. The molecule has 0 bridgehead atoms. The van der Waals surface area contributed by atoms with E-state index in [0.717, 1.165) is 43.7 Å². The summed E-state index contributed by atoms with van der Waals surface area (Å²) in [6.07, 6.45) is 3.72. The van der Waals surface area contributed by atoms with Crippen molar-refractivity contribution in [1.29, 1.82) is 0 Å². The van der Waals surface area contributed by atoms with Crippen molar-refractivity contribution in [2.24, 2.45) is 0 Å². The van der Waals surface area contributed by atoms with Crippen molar-refractivity contribution in [2.45, 2.75) is 32.6 Å². The summed E-state index contributed by atoms with van der Waals surface area (Å²) < 4.78 is 5.36. The summed E-state index contributed by atoms with van der Waals surface area (Å²) in [7, 11) is 1.68. The molecule has 0 aromatic heterocycles. The number of benzene rings is 1. The van der Waals surface area contributed by atoms with Crippen molar-refractivity contribution in [3.05, 3.63) is 29.3 Å². The predicted octanol–water partition coefficient (Wildman–Crippen LogP) is 2.42. The summed E-state index contributed by atoms with van der Waals surface area (Å²) in [5.74, 6) is 1.13. The second-order valence-corrected chi connectivity index (χ2v) is 4.76. The molecule has 0 saturated carbocycles. The molecule has 1 saturated heterocycles. The molecule has 0 radical (unpaired) electrons. The minimum absolute atomic E-state index is 0.235. The standard InChI is InChI=1S/C15H21NO2/c1-3-13-7-6-12(10-14(13)18-2)11-15(17)16-8-4-5-9-16/h6-7,10H,3-5,8-9,11H2,1-2H3. The molecule has 1 heterocycles. The minimum atomic E-state index is 0.235. The van der Waals surface area contributed by atoms with Gasteiger partial charge in [0.25, 0.3) is 0 Å². The van der Waals surface area contributed by atoms with E-state index in [2.05, 4.69) is 13.0 Å². The van der Waals surface area contributed by atoms with Gasteiger partial charge in [0.15, 0.2) is 0 Å². The van der Waals surface area contributed by atoms with Gasteiger partial charge in [0.05, 0.1) is 13.5 Å². The fourth-order valence-electron chi connectivity index (χ4n) is 2.44. The van der Waals surface area contributed by atoms with Crippen LogP contribution in [0.3, 0.4) is 0 Å². The van der Waals surface area contributed by atoms with Crippen LogP contribution < -0.4 is 4.74 Å². The van der Waals surface area contributed by atoms with Crippen molar-refractivity contribution in [3.63, 3.8) is 0 Å². The largest absolute Gasteiger partial charge is 0.496 e. The third-order valence-corrected chi connectivity index (χ3v) is 3.55. The van der Waals surface area contributed by atoms with Crippen molar-refractivity contribution in [3.8, 4) is 5.75 Å². The molecule has 0 spiro atoms. The highest BCUT2D eigenvalue weighted by Crippen LogP contribution is 2.21. The molecule has 0 N–H and O–H groups in total. The first-order chi connectivity index (χ1) is 8.74. The van der Waals surface area contributed by atoms with Crippen LogP contribution in [0, 0.1) is 0 Å². The fourth-order valence-corrected chi connectivity index (χ4v) is 2.44. The van der Waals surface area contributed by atoms with Crippen LogP contribution in [0.25, 0.3) is 0 Å². The lowest BCUT2D eigenvalue weighted by Crippen LogP contribution is -2.29. The van der Waals surface area contributed by atoms with E-state index in [4.69, 9.17) is 4.74 Å². The Balaban J connectivity index is 2.06. The van der Waals surface area contributed by atoms with E-state index < -0.39 is 0 Å². The minimum Gasteiger partial charge on any atom is -0.496 e. The number of amides is 1. The Hall–Kier alpha value is -1.51. The van der Waals surface area contributed by atoms with Crippen LogP contribution in [0.15, 0.2) is 18.2 Å². The molecule has 1 amide bonds. The van der Waals surface area contributed by atoms with Crippen LogP contribution >= 0.6 is 0 Å². The van der Waals surface area contributed by atoms with Gasteiger partial charge in [-0.1, -0.05) is 19.1 Å². The van der Waals surface area contributed by atoms with Gasteiger partial charge in [-0.25, -0.2) is 0 Å². The van der Waals surface area contributed by atoms with E-state index >= 15 is 0 Å². The third kappa shape index (κ3) is 2.84. The number of hydrogen-bond donors (Lipinski definition) is 0. The Labute approximate surface area is 109 Å². The monoisotopic (exact) mass is 247 g/mol. The van der Waals surface area contributed by atoms with Crippen LogP contribution in [-0.2, 0) is 17.6 Å². The lowest BCUT2D eigenvalue weighted by atomic mass is 10.1. The molecule has 0 aliphatic carbocycles. The molecule has 0 unspecified atom stereocenters. The summed E-state index contributed by atoms with van der Waals surface area (Å²) in [5, 5.41) is 0. The lowest BCUT2D eigenvalue weighted by molar-refractivity contribution is -0.129. The van der Waals surface area contributed by atoms with Gasteiger partial charge < -0.3 is 9.64 Å². The summed E-state index contributed by atoms with van der Waals surface area (Å²) >= 11 is 0. The normalized spacial score (nSPS) is 14.9. The van der Waals surface area contributed by atoms with E-state index in [1.807, 2.05) is 17.0 Å². The maximum Gasteiger partial charge on any atom is 0.226 e. The number of carbonyl (C=O) groups excluding carboxylic acids is 1. The number of hydrogen-bond acceptors (Lipinski definition) is 2. The predicted molar refractivity (Wildman–Crippen MR) is 71.9 cm³/mol. The molecular formula is C15H21NO2. The first kappa shape index (κ1) is 12.9. The molecule has 98 valence electrons. The van der Waals surface area contributed by atoms with Crippen molar-refractivity contribution >= 4 is 5.91 Å². The van der Waals surface area contributed by atoms with Gasteiger partial charge in [-0.15, -0.1) is 0 Å². The zero-order valence-electron chi connectivity index (χ0n) is 11.2. The summed E-state index contributed by atoms with van der Waals surface area (Å²) in [6.45, 7) is 3.94. The number of carbonyl (C=O) groups is 1. The summed E-state index contributed by atoms with van der Waals surface area (Å²) in [6, 6.07) is 6.09. The van der Waals surface area contributed by atoms with Gasteiger partial charge in [-0.2, -0.15) is 0 Å². The molecule has 1 aromatic rings. The molecule has 1 aromatic carbocycles. The molecular weight excluding hydrogens is 226 g/mol. The molecule has 3 nitrogen and oxygen atoms in total. The molecule has 1 aliphatic rings. The van der Waals surface area contributed by atoms with Gasteiger partial charge in [0, 0.05) is 13.1 Å². The third-order valence-electron chi connectivity index (χ3n) is 3.55. The van der Waals surface area contributed by atoms with Crippen molar-refractivity contribution in [1.82, 2.24) is 4.90 Å². The Bertz CT molecular complexity index is 423. The second-order valence-electron chi connectivity index (χ2n) is 4.76. The second kappa shape index (κ2) is 5.89. The molecule has 2 rings (SSSR count). The van der Waals surface area contributed by atoms with E-state index in [-0.39, 0.29) is 5.91 Å². The van der Waals surface area contributed by atoms with Crippen LogP contribution in [0.2, 0.25) is 0 Å². The highest BCUT2D eigenvalue weighted by Gasteiger charge is 2.18. The van der Waals surface area contributed by atoms with E-state index in [1.165, 1.54) is 5.56 Å². The Morgan fingerprint density at radius 1 is 1.33 bits per heavy atom. The zero-order valence-corrected chi connectivity index (χ0v) is 11.2. The van der Waals surface area contributed by atoms with Gasteiger partial charge in [0.2, 0.25) is 5.91 Å². The number of ether oxygens (including phenoxy) is 1.